The third kappa shape index (κ3) is 5.04. The Labute approximate surface area is 362 Å². The molecule has 294 valence electrons. The zero-order valence-electron chi connectivity index (χ0n) is 34.6. The number of hydrogen-bond donors (Lipinski definition) is 0. The Hall–Kier alpha value is -7.42. The summed E-state index contributed by atoms with van der Waals surface area (Å²) < 4.78 is 7.12. The topological polar surface area (TPSA) is 16.4 Å². The van der Waals surface area contributed by atoms with Gasteiger partial charge in [0.15, 0.2) is 0 Å². The van der Waals surface area contributed by atoms with Gasteiger partial charge in [0.1, 0.15) is 11.3 Å². The van der Waals surface area contributed by atoms with E-state index < -0.39 is 0 Å². The number of para-hydroxylation sites is 1. The van der Waals surface area contributed by atoms with E-state index in [1.54, 1.807) is 0 Å². The van der Waals surface area contributed by atoms with E-state index in [2.05, 4.69) is 218 Å². The molecule has 2 heteroatoms. The van der Waals surface area contributed by atoms with Gasteiger partial charge in [-0.2, -0.15) is 0 Å². The van der Waals surface area contributed by atoms with Crippen molar-refractivity contribution in [3.05, 3.63) is 239 Å². The maximum Gasteiger partial charge on any atom is 0.142 e. The molecule has 9 aromatic rings. The van der Waals surface area contributed by atoms with E-state index in [0.717, 1.165) is 41.1 Å². The second-order valence-electron chi connectivity index (χ2n) is 17.5. The summed E-state index contributed by atoms with van der Waals surface area (Å²) in [6.45, 7) is 2.27. The molecule has 1 aromatic heterocycles. The first-order chi connectivity index (χ1) is 30.6. The molecular formula is C60H43NO. The standard InChI is InChI=1S/C60H43NO/c1-38-24-26-41(27-25-38)46-17-10-18-51-52-19-11-23-57(59(52)62-58(46)51)61(45-34-30-39-12-2-3-13-42(39)36-45)44-32-28-40(29-33-44)43-31-35-50-49-16-6-9-22-55(49)60(56(50)37-43)53-20-7-4-14-47(53)48-15-5-8-21-54(48)60/h2-22,24,26-38,57H,23,25H2,1H3. The second kappa shape index (κ2) is 13.5. The van der Waals surface area contributed by atoms with Crippen molar-refractivity contribution in [1.29, 1.82) is 0 Å². The SMILES string of the molecule is CC1C=CC(c2cccc3c4c(oc23)C(N(c2ccc(-c3ccc5c(c3)C3(c6ccccc6-c6ccccc63)c3ccccc3-5)cc2)c2ccc3ccccc3c2)CC=C4)=CC1. The Bertz CT molecular complexity index is 3330. The lowest BCUT2D eigenvalue weighted by molar-refractivity contribution is 0.488. The van der Waals surface area contributed by atoms with E-state index >= 15 is 0 Å². The molecule has 0 radical (unpaired) electrons. The highest BCUT2D eigenvalue weighted by atomic mass is 16.3. The average molecular weight is 794 g/mol. The minimum absolute atomic E-state index is 0.0426. The van der Waals surface area contributed by atoms with Crippen LogP contribution in [0, 0.1) is 5.92 Å². The number of benzene rings is 8. The van der Waals surface area contributed by atoms with Gasteiger partial charge < -0.3 is 9.32 Å². The number of hydrogen-bond acceptors (Lipinski definition) is 2. The first-order valence-corrected chi connectivity index (χ1v) is 22.1. The van der Waals surface area contributed by atoms with Crippen LogP contribution in [0.1, 0.15) is 64.9 Å². The van der Waals surface area contributed by atoms with Crippen molar-refractivity contribution in [1.82, 2.24) is 0 Å². The first-order valence-electron chi connectivity index (χ1n) is 22.1. The van der Waals surface area contributed by atoms with Crippen molar-refractivity contribution in [2.75, 3.05) is 4.90 Å². The zero-order valence-corrected chi connectivity index (χ0v) is 34.6. The predicted octanol–water partition coefficient (Wildman–Crippen LogP) is 15.9. The van der Waals surface area contributed by atoms with Crippen molar-refractivity contribution in [3.8, 4) is 33.4 Å². The highest BCUT2D eigenvalue weighted by Crippen LogP contribution is 2.63. The van der Waals surface area contributed by atoms with Gasteiger partial charge >= 0.3 is 0 Å². The summed E-state index contributed by atoms with van der Waals surface area (Å²) in [5.74, 6) is 1.57. The van der Waals surface area contributed by atoms with Gasteiger partial charge in [-0.15, -0.1) is 0 Å². The molecule has 13 rings (SSSR count). The fraction of sp³-hybridized carbons (Fsp3) is 0.100. The van der Waals surface area contributed by atoms with E-state index in [9.17, 15) is 0 Å². The lowest BCUT2D eigenvalue weighted by atomic mass is 9.70. The monoisotopic (exact) mass is 793 g/mol. The summed E-state index contributed by atoms with van der Waals surface area (Å²) in [6.07, 6.45) is 13.4. The molecule has 2 unspecified atom stereocenters. The van der Waals surface area contributed by atoms with Crippen LogP contribution in [-0.2, 0) is 5.41 Å². The highest BCUT2D eigenvalue weighted by Gasteiger charge is 2.51. The molecule has 0 fully saturated rings. The highest BCUT2D eigenvalue weighted by molar-refractivity contribution is 5.99. The minimum atomic E-state index is -0.372. The molecular weight excluding hydrogens is 751 g/mol. The van der Waals surface area contributed by atoms with Crippen molar-refractivity contribution in [3.63, 3.8) is 0 Å². The van der Waals surface area contributed by atoms with Crippen molar-refractivity contribution in [2.45, 2.75) is 31.2 Å². The van der Waals surface area contributed by atoms with Gasteiger partial charge in [0.25, 0.3) is 0 Å². The molecule has 62 heavy (non-hydrogen) atoms. The Kier molecular flexibility index (Phi) is 7.72. The van der Waals surface area contributed by atoms with Crippen LogP contribution in [0.15, 0.2) is 205 Å². The van der Waals surface area contributed by atoms with Gasteiger partial charge in [-0.25, -0.2) is 0 Å². The zero-order chi connectivity index (χ0) is 40.9. The van der Waals surface area contributed by atoms with Crippen LogP contribution >= 0.6 is 0 Å². The Morgan fingerprint density at radius 2 is 1.15 bits per heavy atom. The van der Waals surface area contributed by atoms with E-state index in [1.165, 1.54) is 82.9 Å². The Balaban J connectivity index is 0.944. The number of anilines is 2. The number of fused-ring (bicyclic) bond motifs is 14. The molecule has 0 N–H and O–H groups in total. The molecule has 8 aromatic carbocycles. The van der Waals surface area contributed by atoms with Crippen LogP contribution in [0.5, 0.6) is 0 Å². The lowest BCUT2D eigenvalue weighted by Crippen LogP contribution is -2.25. The molecule has 2 atom stereocenters. The molecule has 0 aliphatic heterocycles. The van der Waals surface area contributed by atoms with Crippen LogP contribution in [0.25, 0.3) is 66.8 Å². The van der Waals surface area contributed by atoms with Gasteiger partial charge in [-0.05, 0) is 121 Å². The van der Waals surface area contributed by atoms with Crippen LogP contribution in [0.2, 0.25) is 0 Å². The van der Waals surface area contributed by atoms with Gasteiger partial charge in [-0.3, -0.25) is 0 Å². The number of allylic oxidation sites excluding steroid dienone is 4. The summed E-state index contributed by atoms with van der Waals surface area (Å²) in [4.78, 5) is 2.50. The van der Waals surface area contributed by atoms with E-state index in [0.29, 0.717) is 5.92 Å². The molecule has 0 saturated carbocycles. The first kappa shape index (κ1) is 35.3. The number of rotatable bonds is 5. The molecule has 0 bridgehead atoms. The molecule has 0 saturated heterocycles. The van der Waals surface area contributed by atoms with E-state index in [1.807, 2.05) is 0 Å². The summed E-state index contributed by atoms with van der Waals surface area (Å²) in [7, 11) is 0. The Morgan fingerprint density at radius 1 is 0.516 bits per heavy atom. The van der Waals surface area contributed by atoms with E-state index in [4.69, 9.17) is 4.42 Å². The van der Waals surface area contributed by atoms with Gasteiger partial charge in [0, 0.05) is 27.9 Å². The summed E-state index contributed by atoms with van der Waals surface area (Å²) >= 11 is 0. The lowest BCUT2D eigenvalue weighted by Gasteiger charge is -2.34. The fourth-order valence-electron chi connectivity index (χ4n) is 11.3. The molecule has 2 nitrogen and oxygen atoms in total. The van der Waals surface area contributed by atoms with Gasteiger partial charge in [0.2, 0.25) is 0 Å². The summed E-state index contributed by atoms with van der Waals surface area (Å²) in [5.41, 5.74) is 19.6. The molecule has 4 aliphatic carbocycles. The van der Waals surface area contributed by atoms with Crippen molar-refractivity contribution in [2.24, 2.45) is 5.92 Å². The summed E-state index contributed by atoms with van der Waals surface area (Å²) in [5, 5.41) is 3.62. The van der Waals surface area contributed by atoms with Crippen LogP contribution in [0.3, 0.4) is 0 Å². The number of nitrogens with zero attached hydrogens (tertiary/aromatic N) is 1. The van der Waals surface area contributed by atoms with Gasteiger partial charge in [-0.1, -0.05) is 183 Å². The maximum atomic E-state index is 7.12. The average Bonchev–Trinajstić information content (AvgIpc) is 3.97. The molecule has 1 spiro atoms. The third-order valence-corrected chi connectivity index (χ3v) is 14.2. The summed E-state index contributed by atoms with van der Waals surface area (Å²) in [6, 6.07) is 65.6. The second-order valence-corrected chi connectivity index (χ2v) is 17.5. The van der Waals surface area contributed by atoms with Crippen molar-refractivity contribution >= 4 is 44.8 Å². The minimum Gasteiger partial charge on any atom is -0.458 e. The van der Waals surface area contributed by atoms with Crippen molar-refractivity contribution < 1.29 is 4.42 Å². The maximum absolute atomic E-state index is 7.12. The smallest absolute Gasteiger partial charge is 0.142 e. The van der Waals surface area contributed by atoms with Crippen LogP contribution in [-0.4, -0.2) is 0 Å². The number of furan rings is 1. The molecule has 1 heterocycles. The predicted molar refractivity (Wildman–Crippen MR) is 258 cm³/mol. The van der Waals surface area contributed by atoms with Gasteiger partial charge in [0.05, 0.1) is 11.5 Å². The fourth-order valence-corrected chi connectivity index (χ4v) is 11.3. The Morgan fingerprint density at radius 3 is 1.85 bits per heavy atom. The van der Waals surface area contributed by atoms with Crippen LogP contribution < -0.4 is 4.90 Å². The largest absolute Gasteiger partial charge is 0.458 e. The molecule has 0 amide bonds. The van der Waals surface area contributed by atoms with Crippen LogP contribution in [0.4, 0.5) is 11.4 Å². The third-order valence-electron chi connectivity index (χ3n) is 14.2. The normalized spacial score (nSPS) is 17.4. The quantitative estimate of drug-likeness (QED) is 0.173. The van der Waals surface area contributed by atoms with E-state index in [-0.39, 0.29) is 11.5 Å². The molecule has 4 aliphatic rings.